The minimum atomic E-state index is -0.219. The quantitative estimate of drug-likeness (QED) is 0.309. The number of anilines is 3. The first-order valence-electron chi connectivity index (χ1n) is 14.3. The molecule has 214 valence electrons. The number of ether oxygens (including phenoxy) is 1. The summed E-state index contributed by atoms with van der Waals surface area (Å²) in [6.07, 6.45) is 2.12. The highest BCUT2D eigenvalue weighted by Crippen LogP contribution is 2.43. The highest BCUT2D eigenvalue weighted by Gasteiger charge is 2.38. The van der Waals surface area contributed by atoms with Gasteiger partial charge in [0.1, 0.15) is 0 Å². The Balaban J connectivity index is 1.36. The summed E-state index contributed by atoms with van der Waals surface area (Å²) in [5.74, 6) is -0.293. The molecule has 2 aliphatic heterocycles. The molecule has 2 aliphatic rings. The van der Waals surface area contributed by atoms with Crippen LogP contribution in [-0.2, 0) is 14.3 Å². The van der Waals surface area contributed by atoms with Gasteiger partial charge in [0.25, 0.3) is 5.91 Å². The Hall–Kier alpha value is -3.84. The van der Waals surface area contributed by atoms with Gasteiger partial charge in [0.2, 0.25) is 5.91 Å². The lowest BCUT2D eigenvalue weighted by molar-refractivity contribution is -0.148. The molecule has 3 aromatic rings. The van der Waals surface area contributed by atoms with Crippen molar-refractivity contribution in [1.29, 1.82) is 0 Å². The van der Waals surface area contributed by atoms with Crippen LogP contribution in [0.3, 0.4) is 0 Å². The molecule has 7 nitrogen and oxygen atoms in total. The van der Waals surface area contributed by atoms with E-state index in [2.05, 4.69) is 4.90 Å². The third-order valence-corrected chi connectivity index (χ3v) is 8.38. The molecule has 2 heterocycles. The fraction of sp³-hybridized carbons (Fsp3) is 0.364. The van der Waals surface area contributed by atoms with Gasteiger partial charge >= 0.3 is 5.97 Å². The van der Waals surface area contributed by atoms with Crippen molar-refractivity contribution in [2.75, 3.05) is 34.4 Å². The Morgan fingerprint density at radius 3 is 2.24 bits per heavy atom. The van der Waals surface area contributed by atoms with Crippen molar-refractivity contribution in [1.82, 2.24) is 0 Å². The number of halogens is 1. The van der Waals surface area contributed by atoms with Crippen LogP contribution >= 0.6 is 11.6 Å². The Kier molecular flexibility index (Phi) is 8.64. The highest BCUT2D eigenvalue weighted by atomic mass is 35.5. The summed E-state index contributed by atoms with van der Waals surface area (Å²) in [5.41, 5.74) is 4.17. The second-order valence-corrected chi connectivity index (χ2v) is 11.2. The number of carbonyl (C=O) groups is 3. The smallest absolute Gasteiger partial charge is 0.309 e. The zero-order valence-corrected chi connectivity index (χ0v) is 24.5. The van der Waals surface area contributed by atoms with Gasteiger partial charge in [-0.25, -0.2) is 0 Å². The van der Waals surface area contributed by atoms with Gasteiger partial charge in [-0.2, -0.15) is 0 Å². The number of rotatable bonds is 6. The maximum Gasteiger partial charge on any atom is 0.309 e. The number of piperidine rings is 1. The van der Waals surface area contributed by atoms with Gasteiger partial charge in [-0.3, -0.25) is 14.4 Å². The third-order valence-electron chi connectivity index (χ3n) is 8.13. The molecule has 0 radical (unpaired) electrons. The number of carbonyl (C=O) groups excluding carboxylic acids is 3. The average Bonchev–Trinajstić information content (AvgIpc) is 2.98. The van der Waals surface area contributed by atoms with Crippen LogP contribution in [0.4, 0.5) is 17.1 Å². The van der Waals surface area contributed by atoms with E-state index in [0.717, 1.165) is 48.6 Å². The Bertz CT molecular complexity index is 1400. The molecule has 2 atom stereocenters. The molecule has 0 spiro atoms. The maximum atomic E-state index is 13.9. The molecule has 1 fully saturated rings. The van der Waals surface area contributed by atoms with Crippen molar-refractivity contribution in [3.63, 3.8) is 0 Å². The second kappa shape index (κ2) is 12.4. The number of fused-ring (bicyclic) bond motifs is 1. The summed E-state index contributed by atoms with van der Waals surface area (Å²) in [6, 6.07) is 22.5. The predicted molar refractivity (Wildman–Crippen MR) is 163 cm³/mol. The Labute approximate surface area is 246 Å². The lowest BCUT2D eigenvalue weighted by Gasteiger charge is -2.43. The van der Waals surface area contributed by atoms with Crippen LogP contribution in [0.2, 0.25) is 5.02 Å². The minimum absolute atomic E-state index is 0.0462. The molecule has 2 amide bonds. The van der Waals surface area contributed by atoms with Crippen molar-refractivity contribution in [3.8, 4) is 0 Å². The van der Waals surface area contributed by atoms with Crippen LogP contribution in [0.15, 0.2) is 72.8 Å². The molecule has 0 N–H and O–H groups in total. The molecule has 41 heavy (non-hydrogen) atoms. The number of nitrogens with zero attached hydrogens (tertiary/aromatic N) is 3. The lowest BCUT2D eigenvalue weighted by atomic mass is 9.89. The van der Waals surface area contributed by atoms with Crippen molar-refractivity contribution in [3.05, 3.63) is 88.9 Å². The maximum absolute atomic E-state index is 13.9. The summed E-state index contributed by atoms with van der Waals surface area (Å²) in [7, 11) is 0. The van der Waals surface area contributed by atoms with Crippen LogP contribution in [0.25, 0.3) is 0 Å². The number of hydrogen-bond donors (Lipinski definition) is 0. The molecule has 3 aromatic carbocycles. The zero-order valence-electron chi connectivity index (χ0n) is 23.8. The molecule has 8 heteroatoms. The lowest BCUT2D eigenvalue weighted by Crippen LogP contribution is -2.47. The van der Waals surface area contributed by atoms with E-state index in [0.29, 0.717) is 23.6 Å². The fourth-order valence-corrected chi connectivity index (χ4v) is 6.23. The molecular weight excluding hydrogens is 538 g/mol. The van der Waals surface area contributed by atoms with Crippen LogP contribution in [0.5, 0.6) is 0 Å². The van der Waals surface area contributed by atoms with Gasteiger partial charge in [-0.05, 0) is 93.3 Å². The molecule has 5 rings (SSSR count). The summed E-state index contributed by atoms with van der Waals surface area (Å²) in [4.78, 5) is 44.8. The largest absolute Gasteiger partial charge is 0.466 e. The van der Waals surface area contributed by atoms with E-state index in [1.807, 2.05) is 79.4 Å². The second-order valence-electron chi connectivity index (χ2n) is 10.8. The first kappa shape index (κ1) is 28.7. The molecule has 0 aliphatic carbocycles. The first-order valence-corrected chi connectivity index (χ1v) is 14.7. The Morgan fingerprint density at radius 2 is 1.61 bits per heavy atom. The van der Waals surface area contributed by atoms with E-state index in [9.17, 15) is 14.4 Å². The van der Waals surface area contributed by atoms with E-state index < -0.39 is 0 Å². The fourth-order valence-electron chi connectivity index (χ4n) is 6.11. The summed E-state index contributed by atoms with van der Waals surface area (Å²) >= 11 is 6.11. The monoisotopic (exact) mass is 573 g/mol. The van der Waals surface area contributed by atoms with E-state index >= 15 is 0 Å². The molecule has 2 unspecified atom stereocenters. The van der Waals surface area contributed by atoms with Gasteiger partial charge in [0, 0.05) is 53.7 Å². The standard InChI is InChI=1S/C33H36ClN3O4/c1-4-41-33(40)25-17-19-35(20-18-25)27-13-9-24(10-14-27)32(39)36-22(2)21-31(29-7-5-6-8-30(29)36)37(23(3)38)28-15-11-26(34)12-16-28/h5-16,22,25,31H,4,17-21H2,1-3H3. The summed E-state index contributed by atoms with van der Waals surface area (Å²) in [5, 5.41) is 0.610. The highest BCUT2D eigenvalue weighted by molar-refractivity contribution is 6.30. The normalized spacial score (nSPS) is 18.9. The molecule has 0 saturated carbocycles. The van der Waals surface area contributed by atoms with Crippen LogP contribution < -0.4 is 14.7 Å². The molecule has 1 saturated heterocycles. The van der Waals surface area contributed by atoms with Crippen LogP contribution in [0, 0.1) is 5.92 Å². The minimum Gasteiger partial charge on any atom is -0.466 e. The molecule has 0 bridgehead atoms. The first-order chi connectivity index (χ1) is 19.8. The van der Waals surface area contributed by atoms with Gasteiger partial charge in [0.15, 0.2) is 0 Å². The predicted octanol–water partition coefficient (Wildman–Crippen LogP) is 6.65. The number of esters is 1. The average molecular weight is 574 g/mol. The van der Waals surface area contributed by atoms with Gasteiger partial charge in [-0.15, -0.1) is 0 Å². The van der Waals surface area contributed by atoms with Crippen LogP contribution in [0.1, 0.15) is 62.0 Å². The summed E-state index contributed by atoms with van der Waals surface area (Å²) < 4.78 is 5.19. The summed E-state index contributed by atoms with van der Waals surface area (Å²) in [6.45, 7) is 7.39. The number of benzene rings is 3. The Morgan fingerprint density at radius 1 is 0.951 bits per heavy atom. The number of hydrogen-bond acceptors (Lipinski definition) is 5. The van der Waals surface area contributed by atoms with Crippen molar-refractivity contribution < 1.29 is 19.1 Å². The molecule has 0 aromatic heterocycles. The van der Waals surface area contributed by atoms with Gasteiger partial charge in [0.05, 0.1) is 18.6 Å². The van der Waals surface area contributed by atoms with E-state index in [4.69, 9.17) is 16.3 Å². The molecular formula is C33H36ClN3O4. The van der Waals surface area contributed by atoms with E-state index in [1.165, 1.54) is 0 Å². The van der Waals surface area contributed by atoms with Crippen LogP contribution in [-0.4, -0.2) is 43.5 Å². The topological polar surface area (TPSA) is 70.2 Å². The van der Waals surface area contributed by atoms with Gasteiger partial charge in [-0.1, -0.05) is 29.8 Å². The van der Waals surface area contributed by atoms with Gasteiger partial charge < -0.3 is 19.4 Å². The van der Waals surface area contributed by atoms with Crippen molar-refractivity contribution >= 4 is 46.4 Å². The SMILES string of the molecule is CCOC(=O)C1CCN(c2ccc(C(=O)N3c4ccccc4C(N(C(C)=O)c4ccc(Cl)cc4)CC3C)cc2)CC1. The third kappa shape index (κ3) is 5.96. The number of para-hydroxylation sites is 1. The van der Waals surface area contributed by atoms with Crippen molar-refractivity contribution in [2.45, 2.75) is 52.1 Å². The van der Waals surface area contributed by atoms with E-state index in [1.54, 1.807) is 24.0 Å². The van der Waals surface area contributed by atoms with Crippen molar-refractivity contribution in [2.24, 2.45) is 5.92 Å². The van der Waals surface area contributed by atoms with E-state index in [-0.39, 0.29) is 35.8 Å². The zero-order chi connectivity index (χ0) is 29.1. The number of amides is 2.